The van der Waals surface area contributed by atoms with E-state index in [1.54, 1.807) is 30.9 Å². The summed E-state index contributed by atoms with van der Waals surface area (Å²) in [5, 5.41) is 13.9. The Morgan fingerprint density at radius 2 is 2.17 bits per heavy atom. The van der Waals surface area contributed by atoms with Crippen LogP contribution in [0.1, 0.15) is 13.8 Å². The number of aromatic nitrogens is 4. The van der Waals surface area contributed by atoms with Crippen LogP contribution in [0.25, 0.3) is 11.3 Å². The van der Waals surface area contributed by atoms with E-state index >= 15 is 0 Å². The fourth-order valence-corrected chi connectivity index (χ4v) is 1.79. The van der Waals surface area contributed by atoms with Crippen molar-refractivity contribution in [2.75, 3.05) is 5.73 Å². The lowest BCUT2D eigenvalue weighted by Crippen LogP contribution is -2.26. The van der Waals surface area contributed by atoms with Crippen LogP contribution in [-0.4, -0.2) is 30.5 Å². The third-order valence-electron chi connectivity index (χ3n) is 2.23. The molecule has 0 radical (unpaired) electrons. The summed E-state index contributed by atoms with van der Waals surface area (Å²) in [7, 11) is 0. The molecule has 7 heteroatoms. The first-order valence-corrected chi connectivity index (χ1v) is 6.18. The van der Waals surface area contributed by atoms with Crippen molar-refractivity contribution in [1.82, 2.24) is 19.7 Å². The minimum absolute atomic E-state index is 0.350. The third-order valence-corrected chi connectivity index (χ3v) is 2.82. The fourth-order valence-electron chi connectivity index (χ4n) is 1.49. The number of hydrogen-bond donors (Lipinski definition) is 2. The number of nitrogen functional groups attached to an aromatic ring is 1. The van der Waals surface area contributed by atoms with Crippen LogP contribution < -0.4 is 5.73 Å². The van der Waals surface area contributed by atoms with Gasteiger partial charge in [-0.1, -0.05) is 0 Å². The highest BCUT2D eigenvalue weighted by Crippen LogP contribution is 2.21. The SMILES string of the molecule is CC(C)(O)Cn1cc(-c2cnc(N)c(Br)n2)cn1. The summed E-state index contributed by atoms with van der Waals surface area (Å²) < 4.78 is 2.18. The van der Waals surface area contributed by atoms with Crippen LogP contribution in [0.5, 0.6) is 0 Å². The number of rotatable bonds is 3. The van der Waals surface area contributed by atoms with E-state index in [2.05, 4.69) is 31.0 Å². The van der Waals surface area contributed by atoms with Gasteiger partial charge in [0.05, 0.1) is 30.2 Å². The summed E-state index contributed by atoms with van der Waals surface area (Å²) in [6.45, 7) is 3.87. The molecule has 0 aliphatic rings. The number of nitrogens with zero attached hydrogens (tertiary/aromatic N) is 4. The predicted octanol–water partition coefficient (Wildman–Crippen LogP) is 1.46. The zero-order valence-electron chi connectivity index (χ0n) is 10.1. The van der Waals surface area contributed by atoms with E-state index in [0.717, 1.165) is 5.56 Å². The lowest BCUT2D eigenvalue weighted by atomic mass is 10.1. The topological polar surface area (TPSA) is 89.8 Å². The maximum absolute atomic E-state index is 9.72. The molecule has 0 aliphatic carbocycles. The van der Waals surface area contributed by atoms with Crippen LogP contribution in [0.3, 0.4) is 0 Å². The first-order valence-electron chi connectivity index (χ1n) is 5.38. The van der Waals surface area contributed by atoms with Gasteiger partial charge in [0.15, 0.2) is 5.82 Å². The Bertz CT molecular complexity index is 561. The molecule has 2 aromatic heterocycles. The molecule has 0 aliphatic heterocycles. The van der Waals surface area contributed by atoms with Gasteiger partial charge in [-0.15, -0.1) is 0 Å². The van der Waals surface area contributed by atoms with E-state index in [1.165, 1.54) is 0 Å². The lowest BCUT2D eigenvalue weighted by Gasteiger charge is -2.16. The van der Waals surface area contributed by atoms with E-state index in [-0.39, 0.29) is 0 Å². The number of aliphatic hydroxyl groups is 1. The van der Waals surface area contributed by atoms with Gasteiger partial charge in [-0.3, -0.25) is 4.68 Å². The van der Waals surface area contributed by atoms with Crippen molar-refractivity contribution in [2.24, 2.45) is 0 Å². The standard InChI is InChI=1S/C11H14BrN5O/c1-11(2,18)6-17-5-7(3-15-17)8-4-14-10(13)9(12)16-8/h3-5,18H,6H2,1-2H3,(H2,13,14). The van der Waals surface area contributed by atoms with Gasteiger partial charge in [-0.2, -0.15) is 5.10 Å². The largest absolute Gasteiger partial charge is 0.389 e. The van der Waals surface area contributed by atoms with Crippen molar-refractivity contribution in [3.05, 3.63) is 23.2 Å². The highest BCUT2D eigenvalue weighted by atomic mass is 79.9. The summed E-state index contributed by atoms with van der Waals surface area (Å²) in [5.74, 6) is 0.350. The molecule has 2 aromatic rings. The second-order valence-corrected chi connectivity index (χ2v) is 5.42. The average Bonchev–Trinajstić information content (AvgIpc) is 2.68. The molecule has 0 bridgehead atoms. The molecule has 0 unspecified atom stereocenters. The Morgan fingerprint density at radius 3 is 2.78 bits per heavy atom. The van der Waals surface area contributed by atoms with Crippen LogP contribution in [-0.2, 0) is 6.54 Å². The van der Waals surface area contributed by atoms with Gasteiger partial charge in [0.1, 0.15) is 4.60 Å². The van der Waals surface area contributed by atoms with E-state index in [9.17, 15) is 5.11 Å². The molecule has 0 fully saturated rings. The minimum Gasteiger partial charge on any atom is -0.389 e. The molecular formula is C11H14BrN5O. The van der Waals surface area contributed by atoms with Crippen LogP contribution in [0.15, 0.2) is 23.2 Å². The number of halogens is 1. The minimum atomic E-state index is -0.809. The lowest BCUT2D eigenvalue weighted by molar-refractivity contribution is 0.0577. The monoisotopic (exact) mass is 311 g/mol. The van der Waals surface area contributed by atoms with Crippen molar-refractivity contribution in [2.45, 2.75) is 26.0 Å². The Balaban J connectivity index is 2.26. The quantitative estimate of drug-likeness (QED) is 0.895. The first-order chi connectivity index (χ1) is 8.35. The molecule has 0 atom stereocenters. The van der Waals surface area contributed by atoms with Crippen LogP contribution in [0, 0.1) is 0 Å². The van der Waals surface area contributed by atoms with Gasteiger partial charge in [0.2, 0.25) is 0 Å². The summed E-state index contributed by atoms with van der Waals surface area (Å²) in [6, 6.07) is 0. The summed E-state index contributed by atoms with van der Waals surface area (Å²) in [5.41, 5.74) is 6.28. The van der Waals surface area contributed by atoms with Gasteiger partial charge in [-0.05, 0) is 29.8 Å². The maximum Gasteiger partial charge on any atom is 0.156 e. The maximum atomic E-state index is 9.72. The highest BCUT2D eigenvalue weighted by molar-refractivity contribution is 9.10. The number of anilines is 1. The van der Waals surface area contributed by atoms with Crippen molar-refractivity contribution in [3.63, 3.8) is 0 Å². The van der Waals surface area contributed by atoms with Gasteiger partial charge in [0.25, 0.3) is 0 Å². The molecule has 18 heavy (non-hydrogen) atoms. The second kappa shape index (κ2) is 4.66. The Hall–Kier alpha value is -1.47. The molecule has 0 amide bonds. The molecule has 0 aromatic carbocycles. The summed E-state index contributed by atoms with van der Waals surface area (Å²) in [6.07, 6.45) is 5.08. The van der Waals surface area contributed by atoms with Gasteiger partial charge in [-0.25, -0.2) is 9.97 Å². The zero-order chi connectivity index (χ0) is 13.3. The van der Waals surface area contributed by atoms with Crippen LogP contribution in [0.2, 0.25) is 0 Å². The van der Waals surface area contributed by atoms with Gasteiger partial charge < -0.3 is 10.8 Å². The van der Waals surface area contributed by atoms with Crippen LogP contribution >= 0.6 is 15.9 Å². The third kappa shape index (κ3) is 3.05. The van der Waals surface area contributed by atoms with E-state index in [0.29, 0.717) is 22.7 Å². The first kappa shape index (κ1) is 13.0. The fraction of sp³-hybridized carbons (Fsp3) is 0.364. The molecule has 2 heterocycles. The van der Waals surface area contributed by atoms with Gasteiger partial charge in [0, 0.05) is 11.8 Å². The van der Waals surface area contributed by atoms with E-state index < -0.39 is 5.60 Å². The summed E-state index contributed by atoms with van der Waals surface area (Å²) in [4.78, 5) is 8.29. The molecule has 3 N–H and O–H groups in total. The smallest absolute Gasteiger partial charge is 0.156 e. The predicted molar refractivity (Wildman–Crippen MR) is 71.7 cm³/mol. The molecule has 0 saturated carbocycles. The molecule has 2 rings (SSSR count). The molecule has 0 spiro atoms. The molecule has 96 valence electrons. The molecule has 0 saturated heterocycles. The molecular weight excluding hydrogens is 298 g/mol. The number of hydrogen-bond acceptors (Lipinski definition) is 5. The molecule has 6 nitrogen and oxygen atoms in total. The second-order valence-electron chi connectivity index (χ2n) is 4.67. The summed E-state index contributed by atoms with van der Waals surface area (Å²) >= 11 is 3.23. The van der Waals surface area contributed by atoms with Crippen molar-refractivity contribution in [3.8, 4) is 11.3 Å². The van der Waals surface area contributed by atoms with Crippen molar-refractivity contribution < 1.29 is 5.11 Å². The van der Waals surface area contributed by atoms with Crippen LogP contribution in [0.4, 0.5) is 5.82 Å². The normalized spacial score (nSPS) is 11.8. The van der Waals surface area contributed by atoms with E-state index in [4.69, 9.17) is 5.73 Å². The average molecular weight is 312 g/mol. The highest BCUT2D eigenvalue weighted by Gasteiger charge is 2.15. The van der Waals surface area contributed by atoms with Gasteiger partial charge >= 0.3 is 0 Å². The Labute approximate surface area is 113 Å². The Kier molecular flexibility index (Phi) is 3.36. The van der Waals surface area contributed by atoms with Crippen molar-refractivity contribution in [1.29, 1.82) is 0 Å². The van der Waals surface area contributed by atoms with E-state index in [1.807, 2.05) is 6.20 Å². The van der Waals surface area contributed by atoms with Crippen molar-refractivity contribution >= 4 is 21.7 Å². The number of nitrogens with two attached hydrogens (primary N) is 1. The Morgan fingerprint density at radius 1 is 1.44 bits per heavy atom. The zero-order valence-corrected chi connectivity index (χ0v) is 11.7.